The molecule has 1 aromatic rings. The fourth-order valence-electron chi connectivity index (χ4n) is 2.62. The van der Waals surface area contributed by atoms with E-state index >= 15 is 0 Å². The Kier molecular flexibility index (Phi) is 4.93. The second-order valence-corrected chi connectivity index (χ2v) is 7.58. The third kappa shape index (κ3) is 4.44. The Morgan fingerprint density at radius 2 is 1.87 bits per heavy atom. The number of aliphatic carboxylic acids is 1. The van der Waals surface area contributed by atoms with Crippen LogP contribution in [0.5, 0.6) is 0 Å². The van der Waals surface area contributed by atoms with Crippen molar-refractivity contribution >= 4 is 27.6 Å². The van der Waals surface area contributed by atoms with Gasteiger partial charge in [0.15, 0.2) is 0 Å². The number of nitrogens with one attached hydrogen (secondary N) is 1. The highest BCUT2D eigenvalue weighted by atomic mass is 32.2. The van der Waals surface area contributed by atoms with E-state index in [2.05, 4.69) is 4.72 Å². The average molecular weight is 340 g/mol. The zero-order valence-corrected chi connectivity index (χ0v) is 13.9. The first-order valence-electron chi connectivity index (χ1n) is 7.28. The van der Waals surface area contributed by atoms with Gasteiger partial charge < -0.3 is 10.0 Å². The summed E-state index contributed by atoms with van der Waals surface area (Å²) in [5.74, 6) is -1.55. The van der Waals surface area contributed by atoms with Gasteiger partial charge in [-0.2, -0.15) is 0 Å². The first-order valence-corrected chi connectivity index (χ1v) is 9.17. The Morgan fingerprint density at radius 3 is 2.39 bits per heavy atom. The van der Waals surface area contributed by atoms with Gasteiger partial charge in [-0.1, -0.05) is 11.6 Å². The number of aryl methyl sites for hydroxylation is 1. The predicted molar refractivity (Wildman–Crippen MR) is 85.9 cm³/mol. The van der Waals surface area contributed by atoms with Crippen LogP contribution in [-0.4, -0.2) is 49.6 Å². The molecule has 1 saturated heterocycles. The van der Waals surface area contributed by atoms with Crippen molar-refractivity contribution < 1.29 is 23.1 Å². The molecule has 2 N–H and O–H groups in total. The maximum absolute atomic E-state index is 12.7. The van der Waals surface area contributed by atoms with Crippen LogP contribution in [-0.2, 0) is 14.8 Å². The number of rotatable bonds is 4. The SMILES string of the molecule is Cc1ccc(NS(C)(=O)=O)c(C(=O)N2CCC(C(=O)O)CC2)c1. The van der Waals surface area contributed by atoms with E-state index in [-0.39, 0.29) is 17.2 Å². The number of sulfonamides is 1. The molecule has 0 saturated carbocycles. The highest BCUT2D eigenvalue weighted by molar-refractivity contribution is 7.92. The molecule has 2 rings (SSSR count). The smallest absolute Gasteiger partial charge is 0.306 e. The molecular formula is C15H20N2O5S. The Labute approximate surface area is 135 Å². The average Bonchev–Trinajstić information content (AvgIpc) is 2.47. The van der Waals surface area contributed by atoms with Crippen molar-refractivity contribution in [3.63, 3.8) is 0 Å². The number of hydrogen-bond acceptors (Lipinski definition) is 4. The Bertz CT molecular complexity index is 721. The van der Waals surface area contributed by atoms with Crippen LogP contribution in [0.25, 0.3) is 0 Å². The summed E-state index contributed by atoms with van der Waals surface area (Å²) in [4.78, 5) is 25.2. The molecule has 1 fully saturated rings. The number of carboxylic acid groups (broad SMARTS) is 1. The lowest BCUT2D eigenvalue weighted by atomic mass is 9.96. The molecule has 0 atom stereocenters. The molecule has 126 valence electrons. The number of benzene rings is 1. The quantitative estimate of drug-likeness (QED) is 0.860. The van der Waals surface area contributed by atoms with Gasteiger partial charge in [-0.3, -0.25) is 14.3 Å². The van der Waals surface area contributed by atoms with E-state index < -0.39 is 21.9 Å². The summed E-state index contributed by atoms with van der Waals surface area (Å²) < 4.78 is 25.3. The van der Waals surface area contributed by atoms with Crippen molar-refractivity contribution in [3.8, 4) is 0 Å². The highest BCUT2D eigenvalue weighted by Crippen LogP contribution is 2.24. The number of carbonyl (C=O) groups is 2. The van der Waals surface area contributed by atoms with Crippen molar-refractivity contribution in [2.45, 2.75) is 19.8 Å². The van der Waals surface area contributed by atoms with Crippen LogP contribution in [0.1, 0.15) is 28.8 Å². The van der Waals surface area contributed by atoms with Crippen LogP contribution in [0.3, 0.4) is 0 Å². The van der Waals surface area contributed by atoms with Gasteiger partial charge >= 0.3 is 5.97 Å². The lowest BCUT2D eigenvalue weighted by molar-refractivity contribution is -0.143. The molecule has 0 aromatic heterocycles. The van der Waals surface area contributed by atoms with E-state index in [1.54, 1.807) is 23.1 Å². The summed E-state index contributed by atoms with van der Waals surface area (Å²) in [6.45, 7) is 2.52. The topological polar surface area (TPSA) is 104 Å². The van der Waals surface area contributed by atoms with Crippen molar-refractivity contribution in [2.24, 2.45) is 5.92 Å². The zero-order valence-electron chi connectivity index (χ0n) is 13.1. The van der Waals surface area contributed by atoms with E-state index in [1.165, 1.54) is 0 Å². The molecule has 8 heteroatoms. The van der Waals surface area contributed by atoms with Crippen molar-refractivity contribution in [3.05, 3.63) is 29.3 Å². The van der Waals surface area contributed by atoms with Crippen LogP contribution >= 0.6 is 0 Å². The van der Waals surface area contributed by atoms with Crippen LogP contribution in [0.15, 0.2) is 18.2 Å². The second-order valence-electron chi connectivity index (χ2n) is 5.83. The lowest BCUT2D eigenvalue weighted by Crippen LogP contribution is -2.40. The summed E-state index contributed by atoms with van der Waals surface area (Å²) in [5, 5.41) is 9.01. The zero-order chi connectivity index (χ0) is 17.2. The minimum Gasteiger partial charge on any atom is -0.481 e. The highest BCUT2D eigenvalue weighted by Gasteiger charge is 2.28. The van der Waals surface area contributed by atoms with Crippen molar-refractivity contribution in [1.29, 1.82) is 0 Å². The molecule has 0 bridgehead atoms. The number of nitrogens with zero attached hydrogens (tertiary/aromatic N) is 1. The summed E-state index contributed by atoms with van der Waals surface area (Å²) in [5.41, 5.74) is 1.36. The minimum atomic E-state index is -3.50. The van der Waals surface area contributed by atoms with Crippen LogP contribution in [0.2, 0.25) is 0 Å². The number of piperidine rings is 1. The first-order chi connectivity index (χ1) is 10.7. The molecule has 0 spiro atoms. The molecule has 1 aromatic carbocycles. The van der Waals surface area contributed by atoms with E-state index in [9.17, 15) is 18.0 Å². The van der Waals surface area contributed by atoms with Crippen molar-refractivity contribution in [1.82, 2.24) is 4.90 Å². The fraction of sp³-hybridized carbons (Fsp3) is 0.467. The van der Waals surface area contributed by atoms with E-state index in [0.717, 1.165) is 11.8 Å². The van der Waals surface area contributed by atoms with Gasteiger partial charge in [-0.05, 0) is 31.9 Å². The van der Waals surface area contributed by atoms with E-state index in [4.69, 9.17) is 5.11 Å². The normalized spacial score (nSPS) is 16.2. The molecule has 23 heavy (non-hydrogen) atoms. The number of amides is 1. The van der Waals surface area contributed by atoms with Crippen LogP contribution in [0, 0.1) is 12.8 Å². The summed E-state index contributed by atoms with van der Waals surface area (Å²) in [6, 6.07) is 4.92. The Morgan fingerprint density at radius 1 is 1.26 bits per heavy atom. The molecule has 1 aliphatic heterocycles. The van der Waals surface area contributed by atoms with E-state index in [0.29, 0.717) is 25.9 Å². The number of carbonyl (C=O) groups excluding carboxylic acids is 1. The third-order valence-corrected chi connectivity index (χ3v) is 4.42. The number of anilines is 1. The molecule has 0 aliphatic carbocycles. The molecule has 0 unspecified atom stereocenters. The molecule has 1 heterocycles. The lowest BCUT2D eigenvalue weighted by Gasteiger charge is -2.30. The third-order valence-electron chi connectivity index (χ3n) is 3.83. The van der Waals surface area contributed by atoms with Gasteiger partial charge in [-0.25, -0.2) is 8.42 Å². The standard InChI is InChI=1S/C15H20N2O5S/c1-10-3-4-13(16-23(2,21)22)12(9-10)14(18)17-7-5-11(6-8-17)15(19)20/h3-4,9,11,16H,5-8H2,1-2H3,(H,19,20). The maximum Gasteiger partial charge on any atom is 0.306 e. The molecule has 0 radical (unpaired) electrons. The van der Waals surface area contributed by atoms with Crippen LogP contribution in [0.4, 0.5) is 5.69 Å². The van der Waals surface area contributed by atoms with Gasteiger partial charge in [0.25, 0.3) is 5.91 Å². The molecule has 1 amide bonds. The van der Waals surface area contributed by atoms with E-state index in [1.807, 2.05) is 6.92 Å². The summed E-state index contributed by atoms with van der Waals surface area (Å²) in [6.07, 6.45) is 1.84. The van der Waals surface area contributed by atoms with Crippen LogP contribution < -0.4 is 4.72 Å². The fourth-order valence-corrected chi connectivity index (χ4v) is 3.20. The minimum absolute atomic E-state index is 0.239. The van der Waals surface area contributed by atoms with Gasteiger partial charge in [0, 0.05) is 13.1 Å². The maximum atomic E-state index is 12.7. The van der Waals surface area contributed by atoms with Gasteiger partial charge in [0.1, 0.15) is 0 Å². The summed E-state index contributed by atoms with van der Waals surface area (Å²) >= 11 is 0. The van der Waals surface area contributed by atoms with Crippen molar-refractivity contribution in [2.75, 3.05) is 24.1 Å². The number of carboxylic acids is 1. The van der Waals surface area contributed by atoms with Gasteiger partial charge in [0.05, 0.1) is 23.4 Å². The number of likely N-dealkylation sites (tertiary alicyclic amines) is 1. The Hall–Kier alpha value is -2.09. The number of hydrogen-bond donors (Lipinski definition) is 2. The second kappa shape index (κ2) is 6.57. The monoisotopic (exact) mass is 340 g/mol. The van der Waals surface area contributed by atoms with Gasteiger partial charge in [0.2, 0.25) is 10.0 Å². The summed E-state index contributed by atoms with van der Waals surface area (Å²) in [7, 11) is -3.50. The molecular weight excluding hydrogens is 320 g/mol. The Balaban J connectivity index is 2.22. The molecule has 7 nitrogen and oxygen atoms in total. The largest absolute Gasteiger partial charge is 0.481 e. The van der Waals surface area contributed by atoms with Gasteiger partial charge in [-0.15, -0.1) is 0 Å². The predicted octanol–water partition coefficient (Wildman–Crippen LogP) is 1.30. The molecule has 1 aliphatic rings. The first kappa shape index (κ1) is 17.3.